The molecule has 0 bridgehead atoms. The zero-order valence-electron chi connectivity index (χ0n) is 13.4. The van der Waals surface area contributed by atoms with Crippen molar-refractivity contribution >= 4 is 11.6 Å². The molecular formula is C15H29N3O2. The van der Waals surface area contributed by atoms with Crippen LogP contribution in [0.3, 0.4) is 0 Å². The van der Waals surface area contributed by atoms with Gasteiger partial charge in [0, 0.05) is 12.1 Å². The SMILES string of the molecule is C=C/C(=N\NC(C)(C)C)C(=O)N(CCCC)C(C)CO. The second kappa shape index (κ2) is 8.74. The maximum Gasteiger partial charge on any atom is 0.274 e. The Hall–Kier alpha value is -1.36. The van der Waals surface area contributed by atoms with Crippen LogP contribution in [0.25, 0.3) is 0 Å². The molecule has 0 aliphatic rings. The molecule has 2 N–H and O–H groups in total. The van der Waals surface area contributed by atoms with Crippen molar-refractivity contribution in [1.29, 1.82) is 0 Å². The average molecular weight is 283 g/mol. The van der Waals surface area contributed by atoms with E-state index in [1.54, 1.807) is 4.90 Å². The molecule has 0 radical (unpaired) electrons. The first-order valence-electron chi connectivity index (χ1n) is 7.16. The smallest absolute Gasteiger partial charge is 0.274 e. The van der Waals surface area contributed by atoms with Crippen LogP contribution >= 0.6 is 0 Å². The summed E-state index contributed by atoms with van der Waals surface area (Å²) in [6.07, 6.45) is 3.33. The van der Waals surface area contributed by atoms with Gasteiger partial charge < -0.3 is 15.4 Å². The predicted molar refractivity (Wildman–Crippen MR) is 83.7 cm³/mol. The van der Waals surface area contributed by atoms with E-state index in [0.29, 0.717) is 6.54 Å². The number of unbranched alkanes of at least 4 members (excludes halogenated alkanes) is 1. The Labute approximate surface area is 122 Å². The highest BCUT2D eigenvalue weighted by molar-refractivity contribution is 6.43. The number of carbonyl (C=O) groups excluding carboxylic acids is 1. The third-order valence-electron chi connectivity index (χ3n) is 2.73. The van der Waals surface area contributed by atoms with E-state index in [9.17, 15) is 9.90 Å². The monoisotopic (exact) mass is 283 g/mol. The molecule has 0 aromatic rings. The summed E-state index contributed by atoms with van der Waals surface area (Å²) in [5, 5.41) is 13.4. The molecule has 0 heterocycles. The fourth-order valence-electron chi connectivity index (χ4n) is 1.50. The Bertz CT molecular complexity index is 346. The molecule has 0 rings (SSSR count). The fourth-order valence-corrected chi connectivity index (χ4v) is 1.50. The normalized spacial score (nSPS) is 13.8. The van der Waals surface area contributed by atoms with Gasteiger partial charge in [0.05, 0.1) is 12.6 Å². The van der Waals surface area contributed by atoms with Crippen molar-refractivity contribution in [1.82, 2.24) is 10.3 Å². The van der Waals surface area contributed by atoms with E-state index in [-0.39, 0.29) is 29.8 Å². The third kappa shape index (κ3) is 6.70. The van der Waals surface area contributed by atoms with Gasteiger partial charge >= 0.3 is 0 Å². The van der Waals surface area contributed by atoms with Gasteiger partial charge in [-0.25, -0.2) is 0 Å². The van der Waals surface area contributed by atoms with E-state index in [1.807, 2.05) is 27.7 Å². The van der Waals surface area contributed by atoms with Crippen LogP contribution in [0.15, 0.2) is 17.8 Å². The minimum absolute atomic E-state index is 0.0629. The predicted octanol–water partition coefficient (Wildman–Crippen LogP) is 1.93. The summed E-state index contributed by atoms with van der Waals surface area (Å²) in [7, 11) is 0. The molecule has 5 nitrogen and oxygen atoms in total. The van der Waals surface area contributed by atoms with Gasteiger partial charge in [-0.3, -0.25) is 4.79 Å². The lowest BCUT2D eigenvalue weighted by Crippen LogP contribution is -2.45. The van der Waals surface area contributed by atoms with E-state index < -0.39 is 0 Å². The van der Waals surface area contributed by atoms with Gasteiger partial charge in [0.15, 0.2) is 0 Å². The molecule has 0 saturated heterocycles. The standard InChI is InChI=1S/C15H29N3O2/c1-7-9-10-18(12(3)11-19)14(20)13(8-2)16-17-15(4,5)6/h8,12,17,19H,2,7,9-11H2,1,3-6H3/b16-13+. The quantitative estimate of drug-likeness (QED) is 0.528. The Morgan fingerprint density at radius 3 is 2.50 bits per heavy atom. The van der Waals surface area contributed by atoms with Crippen molar-refractivity contribution < 1.29 is 9.90 Å². The Kier molecular flexibility index (Phi) is 8.15. The summed E-state index contributed by atoms with van der Waals surface area (Å²) in [5.74, 6) is -0.202. The fraction of sp³-hybridized carbons (Fsp3) is 0.733. The molecule has 116 valence electrons. The van der Waals surface area contributed by atoms with E-state index in [2.05, 4.69) is 24.0 Å². The van der Waals surface area contributed by atoms with Crippen LogP contribution in [-0.2, 0) is 4.79 Å². The van der Waals surface area contributed by atoms with Crippen LogP contribution in [0, 0.1) is 0 Å². The molecule has 1 unspecified atom stereocenters. The number of nitrogens with zero attached hydrogens (tertiary/aromatic N) is 2. The summed E-state index contributed by atoms with van der Waals surface area (Å²) < 4.78 is 0. The first-order valence-corrected chi connectivity index (χ1v) is 7.16. The van der Waals surface area contributed by atoms with Gasteiger partial charge in [0.2, 0.25) is 0 Å². The van der Waals surface area contributed by atoms with Crippen LogP contribution in [-0.4, -0.2) is 46.4 Å². The van der Waals surface area contributed by atoms with Crippen molar-refractivity contribution in [2.45, 2.75) is 59.0 Å². The number of hydrazone groups is 1. The van der Waals surface area contributed by atoms with Gasteiger partial charge in [-0.1, -0.05) is 19.9 Å². The van der Waals surface area contributed by atoms with Crippen LogP contribution in [0.1, 0.15) is 47.5 Å². The Morgan fingerprint density at radius 1 is 1.50 bits per heavy atom. The number of nitrogens with one attached hydrogen (secondary N) is 1. The lowest BCUT2D eigenvalue weighted by atomic mass is 10.1. The average Bonchev–Trinajstić information content (AvgIpc) is 2.38. The van der Waals surface area contributed by atoms with E-state index in [4.69, 9.17) is 0 Å². The molecule has 0 spiro atoms. The molecule has 20 heavy (non-hydrogen) atoms. The summed E-state index contributed by atoms with van der Waals surface area (Å²) in [4.78, 5) is 14.1. The number of hydrogen-bond donors (Lipinski definition) is 2. The number of aliphatic hydroxyl groups is 1. The minimum Gasteiger partial charge on any atom is -0.394 e. The Balaban J connectivity index is 5.03. The first-order chi connectivity index (χ1) is 9.26. The molecule has 0 fully saturated rings. The summed E-state index contributed by atoms with van der Waals surface area (Å²) in [6, 6.07) is -0.228. The first kappa shape index (κ1) is 18.6. The number of carbonyl (C=O) groups is 1. The summed E-state index contributed by atoms with van der Waals surface area (Å²) >= 11 is 0. The molecule has 0 saturated carbocycles. The maximum absolute atomic E-state index is 12.5. The zero-order valence-corrected chi connectivity index (χ0v) is 13.4. The second-order valence-electron chi connectivity index (χ2n) is 5.95. The lowest BCUT2D eigenvalue weighted by Gasteiger charge is -2.28. The second-order valence-corrected chi connectivity index (χ2v) is 5.95. The van der Waals surface area contributed by atoms with Crippen molar-refractivity contribution in [2.75, 3.05) is 13.2 Å². The Morgan fingerprint density at radius 2 is 2.10 bits per heavy atom. The van der Waals surface area contributed by atoms with Gasteiger partial charge in [-0.15, -0.1) is 0 Å². The van der Waals surface area contributed by atoms with Crippen LogP contribution in [0.2, 0.25) is 0 Å². The molecule has 0 aromatic carbocycles. The maximum atomic E-state index is 12.5. The van der Waals surface area contributed by atoms with Crippen molar-refractivity contribution in [3.63, 3.8) is 0 Å². The number of hydrogen-bond acceptors (Lipinski definition) is 4. The van der Waals surface area contributed by atoms with Crippen LogP contribution in [0.4, 0.5) is 0 Å². The largest absolute Gasteiger partial charge is 0.394 e. The van der Waals surface area contributed by atoms with E-state index in [0.717, 1.165) is 12.8 Å². The van der Waals surface area contributed by atoms with Crippen LogP contribution < -0.4 is 5.43 Å². The summed E-state index contributed by atoms with van der Waals surface area (Å²) in [6.45, 7) is 14.0. The number of amides is 1. The van der Waals surface area contributed by atoms with Gasteiger partial charge in [0.25, 0.3) is 5.91 Å². The van der Waals surface area contributed by atoms with Gasteiger partial charge in [-0.2, -0.15) is 5.10 Å². The van der Waals surface area contributed by atoms with Crippen molar-refractivity contribution in [2.24, 2.45) is 5.10 Å². The zero-order chi connectivity index (χ0) is 15.8. The number of rotatable bonds is 8. The summed E-state index contributed by atoms with van der Waals surface area (Å²) in [5.41, 5.74) is 2.99. The topological polar surface area (TPSA) is 64.9 Å². The molecule has 1 atom stereocenters. The highest BCUT2D eigenvalue weighted by Gasteiger charge is 2.22. The molecule has 0 aromatic heterocycles. The van der Waals surface area contributed by atoms with Crippen LogP contribution in [0.5, 0.6) is 0 Å². The van der Waals surface area contributed by atoms with Crippen molar-refractivity contribution in [3.05, 3.63) is 12.7 Å². The minimum atomic E-state index is -0.228. The molecule has 1 amide bonds. The van der Waals surface area contributed by atoms with Gasteiger partial charge in [0.1, 0.15) is 5.71 Å². The third-order valence-corrected chi connectivity index (χ3v) is 2.73. The van der Waals surface area contributed by atoms with E-state index >= 15 is 0 Å². The molecular weight excluding hydrogens is 254 g/mol. The van der Waals surface area contributed by atoms with Crippen molar-refractivity contribution in [3.8, 4) is 0 Å². The lowest BCUT2D eigenvalue weighted by molar-refractivity contribution is -0.126. The molecule has 5 heteroatoms. The number of aliphatic hydroxyl groups excluding tert-OH is 1. The van der Waals surface area contributed by atoms with Gasteiger partial charge in [-0.05, 0) is 40.2 Å². The van der Waals surface area contributed by atoms with E-state index in [1.165, 1.54) is 6.08 Å². The molecule has 0 aliphatic carbocycles. The highest BCUT2D eigenvalue weighted by Crippen LogP contribution is 2.05. The molecule has 0 aliphatic heterocycles. The highest BCUT2D eigenvalue weighted by atomic mass is 16.3.